The molecule has 17 heavy (non-hydrogen) atoms. The van der Waals surface area contributed by atoms with Crippen LogP contribution in [0.2, 0.25) is 0 Å². The first-order valence-corrected chi connectivity index (χ1v) is 7.47. The van der Waals surface area contributed by atoms with E-state index in [9.17, 15) is 4.57 Å². The van der Waals surface area contributed by atoms with E-state index in [1.165, 1.54) is 0 Å². The Morgan fingerprint density at radius 3 is 2.24 bits per heavy atom. The molecule has 0 saturated heterocycles. The molecule has 1 aromatic rings. The Morgan fingerprint density at radius 1 is 1.18 bits per heavy atom. The molecule has 94 valence electrons. The smallest absolute Gasteiger partial charge is 0.343 e. The zero-order valence-corrected chi connectivity index (χ0v) is 11.6. The van der Waals surface area contributed by atoms with Crippen molar-refractivity contribution in [1.82, 2.24) is 0 Å². The third kappa shape index (κ3) is 4.01. The van der Waals surface area contributed by atoms with Gasteiger partial charge in [-0.2, -0.15) is 0 Å². The van der Waals surface area contributed by atoms with Gasteiger partial charge in [-0.1, -0.05) is 24.0 Å². The number of benzene rings is 1. The Hall–Kier alpha value is -1.08. The van der Waals surface area contributed by atoms with Gasteiger partial charge in [0.1, 0.15) is 17.7 Å². The van der Waals surface area contributed by atoms with E-state index in [-0.39, 0.29) is 0 Å². The molecular formula is C13H20O3P+. The first-order chi connectivity index (χ1) is 8.22. The first kappa shape index (κ1) is 14.0. The predicted molar refractivity (Wildman–Crippen MR) is 70.6 cm³/mol. The van der Waals surface area contributed by atoms with Crippen LogP contribution in [0.4, 0.5) is 0 Å². The summed E-state index contributed by atoms with van der Waals surface area (Å²) in [6, 6.07) is 5.63. The minimum Gasteiger partial charge on any atom is -0.496 e. The van der Waals surface area contributed by atoms with Crippen LogP contribution in [-0.2, 0) is 10.7 Å². The summed E-state index contributed by atoms with van der Waals surface area (Å²) in [5.74, 6) is 1.51. The highest BCUT2D eigenvalue weighted by Crippen LogP contribution is 2.37. The summed E-state index contributed by atoms with van der Waals surface area (Å²) in [5, 5.41) is 0. The van der Waals surface area contributed by atoms with E-state index in [1.54, 1.807) is 14.2 Å². The average molecular weight is 255 g/mol. The third-order valence-corrected chi connectivity index (χ3v) is 4.11. The molecule has 0 radical (unpaired) electrons. The minimum atomic E-state index is -1.22. The molecule has 0 N–H and O–H groups in total. The molecule has 1 aromatic carbocycles. The van der Waals surface area contributed by atoms with Crippen molar-refractivity contribution in [2.24, 2.45) is 0 Å². The second-order valence-corrected chi connectivity index (χ2v) is 5.59. The van der Waals surface area contributed by atoms with E-state index in [0.717, 1.165) is 36.1 Å². The number of methoxy groups -OCH3 is 2. The number of hydrogen-bond acceptors (Lipinski definition) is 3. The van der Waals surface area contributed by atoms with Gasteiger partial charge in [-0.15, -0.1) is 0 Å². The second-order valence-electron chi connectivity index (χ2n) is 3.86. The van der Waals surface area contributed by atoms with Crippen molar-refractivity contribution < 1.29 is 14.0 Å². The van der Waals surface area contributed by atoms with Crippen LogP contribution in [-0.4, -0.2) is 20.4 Å². The lowest BCUT2D eigenvalue weighted by atomic mass is 10.2. The lowest BCUT2D eigenvalue weighted by Gasteiger charge is -2.09. The van der Waals surface area contributed by atoms with E-state index in [2.05, 4.69) is 6.92 Å². The molecule has 0 aromatic heterocycles. The number of ether oxygens (including phenoxy) is 2. The monoisotopic (exact) mass is 255 g/mol. The summed E-state index contributed by atoms with van der Waals surface area (Å²) in [5.41, 5.74) is 0.912. The van der Waals surface area contributed by atoms with Gasteiger partial charge < -0.3 is 9.47 Å². The number of hydrogen-bond donors (Lipinski definition) is 0. The minimum absolute atomic E-state index is 0.530. The van der Waals surface area contributed by atoms with Gasteiger partial charge in [0.05, 0.1) is 19.8 Å². The molecule has 1 rings (SSSR count). The molecule has 1 unspecified atom stereocenters. The van der Waals surface area contributed by atoms with Crippen molar-refractivity contribution >= 4 is 7.80 Å². The Bertz CT molecular complexity index is 355. The molecule has 0 aliphatic heterocycles. The van der Waals surface area contributed by atoms with Crippen LogP contribution in [0.3, 0.4) is 0 Å². The van der Waals surface area contributed by atoms with Crippen LogP contribution in [0.15, 0.2) is 18.2 Å². The summed E-state index contributed by atoms with van der Waals surface area (Å²) in [4.78, 5) is 0. The van der Waals surface area contributed by atoms with Crippen LogP contribution in [0, 0.1) is 0 Å². The molecule has 0 aliphatic carbocycles. The molecule has 0 spiro atoms. The fourth-order valence-corrected chi connectivity index (χ4v) is 3.17. The molecule has 0 fully saturated rings. The Morgan fingerprint density at radius 2 is 1.76 bits per heavy atom. The highest BCUT2D eigenvalue weighted by Gasteiger charge is 2.21. The van der Waals surface area contributed by atoms with Crippen LogP contribution < -0.4 is 9.47 Å². The Balaban J connectivity index is 2.83. The van der Waals surface area contributed by atoms with E-state index in [0.29, 0.717) is 6.16 Å². The van der Waals surface area contributed by atoms with Gasteiger partial charge in [-0.05, 0) is 18.6 Å². The summed E-state index contributed by atoms with van der Waals surface area (Å²) in [6.07, 6.45) is 3.38. The quantitative estimate of drug-likeness (QED) is 0.694. The van der Waals surface area contributed by atoms with Crippen molar-refractivity contribution in [1.29, 1.82) is 0 Å². The maximum Gasteiger partial charge on any atom is 0.343 e. The Labute approximate surface area is 104 Å². The van der Waals surface area contributed by atoms with Gasteiger partial charge in [-0.25, -0.2) is 0 Å². The molecule has 0 amide bonds. The van der Waals surface area contributed by atoms with E-state index < -0.39 is 7.80 Å². The molecule has 3 nitrogen and oxygen atoms in total. The topological polar surface area (TPSA) is 35.5 Å². The van der Waals surface area contributed by atoms with E-state index in [4.69, 9.17) is 9.47 Å². The molecule has 0 bridgehead atoms. The molecule has 1 atom stereocenters. The molecular weight excluding hydrogens is 235 g/mol. The Kier molecular flexibility index (Phi) is 5.99. The summed E-state index contributed by atoms with van der Waals surface area (Å²) in [6.45, 7) is 2.10. The van der Waals surface area contributed by atoms with Crippen molar-refractivity contribution in [3.05, 3.63) is 23.8 Å². The van der Waals surface area contributed by atoms with Crippen molar-refractivity contribution in [3.63, 3.8) is 0 Å². The maximum absolute atomic E-state index is 11.9. The van der Waals surface area contributed by atoms with Crippen LogP contribution >= 0.6 is 7.80 Å². The lowest BCUT2D eigenvalue weighted by Crippen LogP contribution is -1.95. The molecule has 0 saturated carbocycles. The van der Waals surface area contributed by atoms with Gasteiger partial charge >= 0.3 is 7.80 Å². The van der Waals surface area contributed by atoms with Gasteiger partial charge in [0.15, 0.2) is 6.16 Å². The van der Waals surface area contributed by atoms with E-state index in [1.807, 2.05) is 18.2 Å². The molecule has 0 aliphatic rings. The van der Waals surface area contributed by atoms with Crippen LogP contribution in [0.5, 0.6) is 11.5 Å². The van der Waals surface area contributed by atoms with Crippen molar-refractivity contribution in [2.75, 3.05) is 20.4 Å². The number of unbranched alkanes of at least 4 members (excludes halogenated alkanes) is 1. The molecule has 0 heterocycles. The fourth-order valence-electron chi connectivity index (χ4n) is 1.67. The standard InChI is InChI=1S/C13H20O3P/c1-4-5-9-17(14)10-11-12(15-2)7-6-8-13(11)16-3/h6-8H,4-5,9-10H2,1-3H3/q+1. The van der Waals surface area contributed by atoms with Crippen molar-refractivity contribution in [3.8, 4) is 11.5 Å². The normalized spacial score (nSPS) is 11.1. The first-order valence-electron chi connectivity index (χ1n) is 5.84. The van der Waals surface area contributed by atoms with Gasteiger partial charge in [0.2, 0.25) is 0 Å². The van der Waals surface area contributed by atoms with Gasteiger partial charge in [-0.3, -0.25) is 0 Å². The SMILES string of the molecule is CCCC[P+](=O)Cc1c(OC)cccc1OC. The number of rotatable bonds is 7. The van der Waals surface area contributed by atoms with Gasteiger partial charge in [0.25, 0.3) is 0 Å². The van der Waals surface area contributed by atoms with Crippen LogP contribution in [0.25, 0.3) is 0 Å². The van der Waals surface area contributed by atoms with Crippen LogP contribution in [0.1, 0.15) is 25.3 Å². The largest absolute Gasteiger partial charge is 0.496 e. The highest BCUT2D eigenvalue weighted by molar-refractivity contribution is 7.43. The fraction of sp³-hybridized carbons (Fsp3) is 0.538. The molecule has 4 heteroatoms. The van der Waals surface area contributed by atoms with E-state index >= 15 is 0 Å². The summed E-state index contributed by atoms with van der Waals surface area (Å²) in [7, 11) is 2.03. The predicted octanol–water partition coefficient (Wildman–Crippen LogP) is 3.83. The second kappa shape index (κ2) is 7.29. The maximum atomic E-state index is 11.9. The summed E-state index contributed by atoms with van der Waals surface area (Å²) < 4.78 is 22.5. The van der Waals surface area contributed by atoms with Gasteiger partial charge in [0, 0.05) is 0 Å². The summed E-state index contributed by atoms with van der Waals surface area (Å²) >= 11 is 0. The highest BCUT2D eigenvalue weighted by atomic mass is 31.1. The van der Waals surface area contributed by atoms with Crippen molar-refractivity contribution in [2.45, 2.75) is 25.9 Å². The third-order valence-electron chi connectivity index (χ3n) is 2.63. The average Bonchev–Trinajstić information content (AvgIpc) is 2.36. The lowest BCUT2D eigenvalue weighted by molar-refractivity contribution is 0.387. The zero-order chi connectivity index (χ0) is 12.7. The zero-order valence-electron chi connectivity index (χ0n) is 10.7.